The second-order valence-electron chi connectivity index (χ2n) is 4.69. The van der Waals surface area contributed by atoms with Gasteiger partial charge >= 0.3 is 6.09 Å². The van der Waals surface area contributed by atoms with Crippen molar-refractivity contribution in [2.24, 2.45) is 0 Å². The molecule has 0 spiro atoms. The number of hydrogen-bond donors (Lipinski definition) is 2. The molecule has 1 atom stereocenters. The highest BCUT2D eigenvalue weighted by Crippen LogP contribution is 2.31. The molecule has 1 aliphatic heterocycles. The van der Waals surface area contributed by atoms with Crippen molar-refractivity contribution in [1.29, 1.82) is 0 Å². The van der Waals surface area contributed by atoms with E-state index < -0.39 is 6.09 Å². The molecule has 0 aromatic heterocycles. The maximum absolute atomic E-state index is 11.9. The predicted octanol–water partition coefficient (Wildman–Crippen LogP) is 1.76. The first kappa shape index (κ1) is 15.2. The lowest BCUT2D eigenvalue weighted by molar-refractivity contribution is -0.121. The van der Waals surface area contributed by atoms with Gasteiger partial charge in [-0.05, 0) is 13.0 Å². The monoisotopic (exact) mass is 292 g/mol. The highest BCUT2D eigenvalue weighted by molar-refractivity contribution is 5.77. The summed E-state index contributed by atoms with van der Waals surface area (Å²) in [6, 6.07) is 7.65. The average Bonchev–Trinajstić information content (AvgIpc) is 2.48. The number of carbonyl (C=O) groups is 2. The largest absolute Gasteiger partial charge is 0.493 e. The van der Waals surface area contributed by atoms with Gasteiger partial charge in [-0.3, -0.25) is 4.79 Å². The molecule has 6 heteroatoms. The Balaban J connectivity index is 1.80. The van der Waals surface area contributed by atoms with Gasteiger partial charge < -0.3 is 20.1 Å². The lowest BCUT2D eigenvalue weighted by Gasteiger charge is -2.26. The maximum atomic E-state index is 11.9. The SMILES string of the molecule is CCOC(=O)NCCC(=O)NC1CCOc2ccccc21. The van der Waals surface area contributed by atoms with Gasteiger partial charge in [0.15, 0.2) is 0 Å². The number of hydrogen-bond acceptors (Lipinski definition) is 4. The number of amides is 2. The molecule has 2 rings (SSSR count). The summed E-state index contributed by atoms with van der Waals surface area (Å²) in [5, 5.41) is 5.49. The highest BCUT2D eigenvalue weighted by Gasteiger charge is 2.22. The first-order chi connectivity index (χ1) is 10.2. The normalized spacial score (nSPS) is 16.3. The standard InChI is InChI=1S/C15H20N2O4/c1-2-20-15(19)16-9-7-14(18)17-12-8-10-21-13-6-4-3-5-11(12)13/h3-6,12H,2,7-10H2,1H3,(H,16,19)(H,17,18). The van der Waals surface area contributed by atoms with Gasteiger partial charge in [0.05, 0.1) is 19.3 Å². The molecule has 1 aliphatic rings. The first-order valence-corrected chi connectivity index (χ1v) is 7.12. The molecule has 0 radical (unpaired) electrons. The van der Waals surface area contributed by atoms with E-state index in [0.29, 0.717) is 13.2 Å². The number of para-hydroxylation sites is 1. The third-order valence-corrected chi connectivity index (χ3v) is 3.19. The smallest absolute Gasteiger partial charge is 0.407 e. The molecule has 21 heavy (non-hydrogen) atoms. The van der Waals surface area contributed by atoms with E-state index in [1.165, 1.54) is 0 Å². The summed E-state index contributed by atoms with van der Waals surface area (Å²) in [5.41, 5.74) is 0.996. The van der Waals surface area contributed by atoms with Crippen LogP contribution in [0.25, 0.3) is 0 Å². The molecule has 1 aromatic carbocycles. The molecule has 0 bridgehead atoms. The minimum absolute atomic E-state index is 0.0370. The summed E-state index contributed by atoms with van der Waals surface area (Å²) in [4.78, 5) is 23.0. The fraction of sp³-hybridized carbons (Fsp3) is 0.467. The molecule has 6 nitrogen and oxygen atoms in total. The summed E-state index contributed by atoms with van der Waals surface area (Å²) in [7, 11) is 0. The van der Waals surface area contributed by atoms with Crippen LogP contribution in [0, 0.1) is 0 Å². The molecule has 0 saturated heterocycles. The van der Waals surface area contributed by atoms with E-state index in [4.69, 9.17) is 9.47 Å². The second-order valence-corrected chi connectivity index (χ2v) is 4.69. The fourth-order valence-corrected chi connectivity index (χ4v) is 2.22. The number of carbonyl (C=O) groups excluding carboxylic acids is 2. The highest BCUT2D eigenvalue weighted by atomic mass is 16.5. The molecule has 2 N–H and O–H groups in total. The Morgan fingerprint density at radius 3 is 3.00 bits per heavy atom. The van der Waals surface area contributed by atoms with E-state index in [1.54, 1.807) is 6.92 Å². The van der Waals surface area contributed by atoms with Crippen LogP contribution < -0.4 is 15.4 Å². The predicted molar refractivity (Wildman–Crippen MR) is 77.1 cm³/mol. The third-order valence-electron chi connectivity index (χ3n) is 3.19. The number of ether oxygens (including phenoxy) is 2. The summed E-state index contributed by atoms with van der Waals surface area (Å²) in [6.45, 7) is 2.89. The van der Waals surface area contributed by atoms with Gasteiger partial charge in [-0.1, -0.05) is 18.2 Å². The van der Waals surface area contributed by atoms with Gasteiger partial charge in [-0.25, -0.2) is 4.79 Å². The number of alkyl carbamates (subject to hydrolysis) is 1. The van der Waals surface area contributed by atoms with Crippen molar-refractivity contribution in [2.45, 2.75) is 25.8 Å². The first-order valence-electron chi connectivity index (χ1n) is 7.12. The van der Waals surface area contributed by atoms with Gasteiger partial charge in [-0.15, -0.1) is 0 Å². The van der Waals surface area contributed by atoms with Crippen LogP contribution in [0.1, 0.15) is 31.4 Å². The topological polar surface area (TPSA) is 76.7 Å². The average molecular weight is 292 g/mol. The van der Waals surface area contributed by atoms with Crippen LogP contribution in [0.5, 0.6) is 5.75 Å². The lowest BCUT2D eigenvalue weighted by Crippen LogP contribution is -2.35. The van der Waals surface area contributed by atoms with Crippen LogP contribution in [-0.2, 0) is 9.53 Å². The zero-order valence-corrected chi connectivity index (χ0v) is 12.1. The van der Waals surface area contributed by atoms with Crippen molar-refractivity contribution >= 4 is 12.0 Å². The molecule has 0 fully saturated rings. The van der Waals surface area contributed by atoms with E-state index in [1.807, 2.05) is 24.3 Å². The third kappa shape index (κ3) is 4.37. The van der Waals surface area contributed by atoms with E-state index in [0.717, 1.165) is 17.7 Å². The number of benzene rings is 1. The maximum Gasteiger partial charge on any atom is 0.407 e. The van der Waals surface area contributed by atoms with Crippen LogP contribution in [0.4, 0.5) is 4.79 Å². The van der Waals surface area contributed by atoms with E-state index in [9.17, 15) is 9.59 Å². The Morgan fingerprint density at radius 1 is 1.38 bits per heavy atom. The zero-order valence-electron chi connectivity index (χ0n) is 12.1. The summed E-state index contributed by atoms with van der Waals surface area (Å²) < 4.78 is 10.3. The summed E-state index contributed by atoms with van der Waals surface area (Å²) >= 11 is 0. The molecule has 1 unspecified atom stereocenters. The molecule has 0 aliphatic carbocycles. The lowest BCUT2D eigenvalue weighted by atomic mass is 10.0. The molecule has 1 heterocycles. The molecule has 0 saturated carbocycles. The quantitative estimate of drug-likeness (QED) is 0.867. The van der Waals surface area contributed by atoms with Crippen LogP contribution >= 0.6 is 0 Å². The van der Waals surface area contributed by atoms with Crippen molar-refractivity contribution in [3.8, 4) is 5.75 Å². The molecule has 1 aromatic rings. The van der Waals surface area contributed by atoms with E-state index in [-0.39, 0.29) is 24.9 Å². The number of nitrogens with one attached hydrogen (secondary N) is 2. The van der Waals surface area contributed by atoms with Crippen molar-refractivity contribution in [3.05, 3.63) is 29.8 Å². The van der Waals surface area contributed by atoms with E-state index in [2.05, 4.69) is 10.6 Å². The minimum atomic E-state index is -0.498. The Bertz CT molecular complexity index is 504. The Morgan fingerprint density at radius 2 is 2.19 bits per heavy atom. The number of rotatable bonds is 5. The van der Waals surface area contributed by atoms with Gasteiger partial charge in [0.1, 0.15) is 5.75 Å². The summed E-state index contributed by atoms with van der Waals surface area (Å²) in [5.74, 6) is 0.715. The van der Waals surface area contributed by atoms with Gasteiger partial charge in [0.25, 0.3) is 0 Å². The van der Waals surface area contributed by atoms with Crippen LogP contribution in [0.15, 0.2) is 24.3 Å². The Kier molecular flexibility index (Phi) is 5.43. The van der Waals surface area contributed by atoms with Crippen LogP contribution in [0.2, 0.25) is 0 Å². The Labute approximate surface area is 123 Å². The van der Waals surface area contributed by atoms with Crippen molar-refractivity contribution in [2.75, 3.05) is 19.8 Å². The molecule has 114 valence electrons. The van der Waals surface area contributed by atoms with Gasteiger partial charge in [0, 0.05) is 24.9 Å². The van der Waals surface area contributed by atoms with Crippen molar-refractivity contribution in [1.82, 2.24) is 10.6 Å². The van der Waals surface area contributed by atoms with E-state index >= 15 is 0 Å². The van der Waals surface area contributed by atoms with Crippen molar-refractivity contribution < 1.29 is 19.1 Å². The molecule has 2 amide bonds. The van der Waals surface area contributed by atoms with Crippen molar-refractivity contribution in [3.63, 3.8) is 0 Å². The second kappa shape index (κ2) is 7.52. The Hall–Kier alpha value is -2.24. The molecular formula is C15H20N2O4. The van der Waals surface area contributed by atoms with Crippen LogP contribution in [0.3, 0.4) is 0 Å². The molecular weight excluding hydrogens is 272 g/mol. The number of fused-ring (bicyclic) bond motifs is 1. The van der Waals surface area contributed by atoms with Gasteiger partial charge in [0.2, 0.25) is 5.91 Å². The minimum Gasteiger partial charge on any atom is -0.493 e. The fourth-order valence-electron chi connectivity index (χ4n) is 2.22. The van der Waals surface area contributed by atoms with Gasteiger partial charge in [-0.2, -0.15) is 0 Å². The summed E-state index contributed by atoms with van der Waals surface area (Å²) in [6.07, 6.45) is 0.466. The zero-order chi connectivity index (χ0) is 15.1. The van der Waals surface area contributed by atoms with Crippen LogP contribution in [-0.4, -0.2) is 31.8 Å².